The summed E-state index contributed by atoms with van der Waals surface area (Å²) in [6.45, 7) is 2.46. The number of carbonyl (C=O) groups excluding carboxylic acids is 2. The van der Waals surface area contributed by atoms with Crippen molar-refractivity contribution in [1.82, 2.24) is 10.6 Å². The van der Waals surface area contributed by atoms with Crippen LogP contribution in [0.3, 0.4) is 0 Å². The lowest BCUT2D eigenvalue weighted by atomic mass is 10.1. The van der Waals surface area contributed by atoms with Gasteiger partial charge < -0.3 is 15.4 Å². The number of unbranched alkanes of at least 4 members (excludes halogenated alkanes) is 1. The summed E-state index contributed by atoms with van der Waals surface area (Å²) in [7, 11) is 1.52. The second kappa shape index (κ2) is 10.6. The molecule has 0 aromatic heterocycles. The van der Waals surface area contributed by atoms with Crippen molar-refractivity contribution in [1.29, 1.82) is 0 Å². The molecule has 0 bridgehead atoms. The summed E-state index contributed by atoms with van der Waals surface area (Å²) in [6.07, 6.45) is 3.11. The number of rotatable bonds is 9. The fourth-order valence-corrected chi connectivity index (χ4v) is 2.46. The number of nitrogens with zero attached hydrogens (tertiary/aromatic N) is 1. The van der Waals surface area contributed by atoms with E-state index in [-0.39, 0.29) is 11.4 Å². The third-order valence-corrected chi connectivity index (χ3v) is 4.05. The van der Waals surface area contributed by atoms with Crippen molar-refractivity contribution < 1.29 is 19.2 Å². The molecule has 0 radical (unpaired) electrons. The molecule has 8 heteroatoms. The van der Waals surface area contributed by atoms with Gasteiger partial charge in [0.1, 0.15) is 11.4 Å². The van der Waals surface area contributed by atoms with E-state index in [1.165, 1.54) is 31.4 Å². The molecule has 0 heterocycles. The van der Waals surface area contributed by atoms with Crippen molar-refractivity contribution in [3.63, 3.8) is 0 Å². The van der Waals surface area contributed by atoms with Gasteiger partial charge in [-0.1, -0.05) is 25.5 Å². The number of methoxy groups -OCH3 is 1. The van der Waals surface area contributed by atoms with E-state index in [1.807, 2.05) is 6.92 Å². The van der Waals surface area contributed by atoms with Crippen LogP contribution in [0.5, 0.6) is 5.75 Å². The average molecular weight is 397 g/mol. The lowest BCUT2D eigenvalue weighted by molar-refractivity contribution is -0.384. The van der Waals surface area contributed by atoms with Crippen LogP contribution >= 0.6 is 0 Å². The number of ether oxygens (including phenoxy) is 1. The molecule has 8 nitrogen and oxygen atoms in total. The Morgan fingerprint density at radius 1 is 1.17 bits per heavy atom. The van der Waals surface area contributed by atoms with Crippen molar-refractivity contribution in [2.75, 3.05) is 13.7 Å². The van der Waals surface area contributed by atoms with Crippen LogP contribution in [-0.4, -0.2) is 30.4 Å². The number of hydrogen-bond donors (Lipinski definition) is 2. The summed E-state index contributed by atoms with van der Waals surface area (Å²) < 4.78 is 5.07. The molecule has 0 saturated carbocycles. The molecule has 0 atom stereocenters. The summed E-state index contributed by atoms with van der Waals surface area (Å²) in [5.74, 6) is -0.340. The van der Waals surface area contributed by atoms with Crippen LogP contribution in [0.25, 0.3) is 6.08 Å². The first-order chi connectivity index (χ1) is 13.9. The molecule has 0 unspecified atom stereocenters. The van der Waals surface area contributed by atoms with Gasteiger partial charge in [0.25, 0.3) is 17.5 Å². The largest absolute Gasteiger partial charge is 0.497 e. The Morgan fingerprint density at radius 2 is 1.90 bits per heavy atom. The zero-order valence-electron chi connectivity index (χ0n) is 16.3. The third kappa shape index (κ3) is 6.46. The van der Waals surface area contributed by atoms with E-state index in [0.29, 0.717) is 23.4 Å². The van der Waals surface area contributed by atoms with E-state index in [2.05, 4.69) is 10.6 Å². The first-order valence-electron chi connectivity index (χ1n) is 9.14. The Bertz CT molecular complexity index is 907. The average Bonchev–Trinajstić information content (AvgIpc) is 2.73. The highest BCUT2D eigenvalue weighted by Gasteiger charge is 2.15. The molecular formula is C21H23N3O5. The molecule has 0 aliphatic rings. The van der Waals surface area contributed by atoms with Crippen LogP contribution in [0.4, 0.5) is 5.69 Å². The fourth-order valence-electron chi connectivity index (χ4n) is 2.46. The van der Waals surface area contributed by atoms with Gasteiger partial charge in [-0.3, -0.25) is 19.7 Å². The fraction of sp³-hybridized carbons (Fsp3) is 0.238. The SMILES string of the molecule is CCCCNC(=O)/C(=C\c1cccc([N+](=O)[O-])c1)NC(=O)c1ccc(OC)cc1. The number of hydrogen-bond acceptors (Lipinski definition) is 5. The van der Waals surface area contributed by atoms with E-state index in [1.54, 1.807) is 30.3 Å². The Hall–Kier alpha value is -3.68. The van der Waals surface area contributed by atoms with E-state index >= 15 is 0 Å². The summed E-state index contributed by atoms with van der Waals surface area (Å²) >= 11 is 0. The molecule has 2 rings (SSSR count). The van der Waals surface area contributed by atoms with Gasteiger partial charge in [0, 0.05) is 24.2 Å². The number of nitro benzene ring substituents is 1. The van der Waals surface area contributed by atoms with Crippen molar-refractivity contribution in [3.8, 4) is 5.75 Å². The van der Waals surface area contributed by atoms with Gasteiger partial charge in [0.05, 0.1) is 12.0 Å². The zero-order valence-corrected chi connectivity index (χ0v) is 16.3. The maximum absolute atomic E-state index is 12.6. The lowest BCUT2D eigenvalue weighted by Gasteiger charge is -2.11. The third-order valence-electron chi connectivity index (χ3n) is 4.05. The van der Waals surface area contributed by atoms with Crippen LogP contribution in [0.15, 0.2) is 54.2 Å². The molecule has 2 N–H and O–H groups in total. The normalized spacial score (nSPS) is 10.9. The molecule has 0 saturated heterocycles. The molecule has 0 spiro atoms. The molecule has 0 fully saturated rings. The predicted octanol–water partition coefficient (Wildman–Crippen LogP) is 3.29. The number of benzene rings is 2. The second-order valence-corrected chi connectivity index (χ2v) is 6.20. The number of carbonyl (C=O) groups is 2. The first-order valence-corrected chi connectivity index (χ1v) is 9.14. The lowest BCUT2D eigenvalue weighted by Crippen LogP contribution is -2.35. The molecule has 29 heavy (non-hydrogen) atoms. The van der Waals surface area contributed by atoms with E-state index in [9.17, 15) is 19.7 Å². The quantitative estimate of drug-likeness (QED) is 0.292. The van der Waals surface area contributed by atoms with Crippen LogP contribution in [0.2, 0.25) is 0 Å². The van der Waals surface area contributed by atoms with Crippen LogP contribution in [0, 0.1) is 10.1 Å². The minimum Gasteiger partial charge on any atom is -0.497 e. The van der Waals surface area contributed by atoms with Crippen LogP contribution in [0.1, 0.15) is 35.7 Å². The molecular weight excluding hydrogens is 374 g/mol. The van der Waals surface area contributed by atoms with E-state index in [4.69, 9.17) is 4.74 Å². The summed E-state index contributed by atoms with van der Waals surface area (Å²) in [5.41, 5.74) is 0.667. The van der Waals surface area contributed by atoms with Gasteiger partial charge >= 0.3 is 0 Å². The maximum Gasteiger partial charge on any atom is 0.270 e. The standard InChI is InChI=1S/C21H23N3O5/c1-3-4-12-22-21(26)19(14-15-6-5-7-17(13-15)24(27)28)23-20(25)16-8-10-18(29-2)11-9-16/h5-11,13-14H,3-4,12H2,1-2H3,(H,22,26)(H,23,25)/b19-14+. The molecule has 0 aliphatic heterocycles. The van der Waals surface area contributed by atoms with Crippen molar-refractivity contribution in [2.24, 2.45) is 0 Å². The van der Waals surface area contributed by atoms with Crippen molar-refractivity contribution >= 4 is 23.6 Å². The Balaban J connectivity index is 2.28. The van der Waals surface area contributed by atoms with Crippen molar-refractivity contribution in [3.05, 3.63) is 75.5 Å². The molecule has 2 aromatic carbocycles. The van der Waals surface area contributed by atoms with Crippen LogP contribution in [-0.2, 0) is 4.79 Å². The topological polar surface area (TPSA) is 111 Å². The minimum absolute atomic E-state index is 0.00224. The molecule has 2 aromatic rings. The van der Waals surface area contributed by atoms with Gasteiger partial charge in [-0.15, -0.1) is 0 Å². The van der Waals surface area contributed by atoms with Crippen molar-refractivity contribution in [2.45, 2.75) is 19.8 Å². The van der Waals surface area contributed by atoms with Gasteiger partial charge in [-0.05, 0) is 42.3 Å². The predicted molar refractivity (Wildman–Crippen MR) is 109 cm³/mol. The smallest absolute Gasteiger partial charge is 0.270 e. The van der Waals surface area contributed by atoms with E-state index < -0.39 is 16.7 Å². The van der Waals surface area contributed by atoms with E-state index in [0.717, 1.165) is 12.8 Å². The minimum atomic E-state index is -0.520. The molecule has 2 amide bonds. The number of amides is 2. The maximum atomic E-state index is 12.6. The Labute approximate surface area is 168 Å². The van der Waals surface area contributed by atoms with Crippen LogP contribution < -0.4 is 15.4 Å². The zero-order chi connectivity index (χ0) is 21.2. The second-order valence-electron chi connectivity index (χ2n) is 6.20. The van der Waals surface area contributed by atoms with Gasteiger partial charge in [0.15, 0.2) is 0 Å². The van der Waals surface area contributed by atoms with Gasteiger partial charge in [-0.2, -0.15) is 0 Å². The summed E-state index contributed by atoms with van der Waals surface area (Å²) in [6, 6.07) is 12.3. The summed E-state index contributed by atoms with van der Waals surface area (Å²) in [5, 5.41) is 16.3. The molecule has 0 aliphatic carbocycles. The highest BCUT2D eigenvalue weighted by Crippen LogP contribution is 2.16. The number of non-ortho nitro benzene ring substituents is 1. The Morgan fingerprint density at radius 3 is 2.52 bits per heavy atom. The highest BCUT2D eigenvalue weighted by atomic mass is 16.6. The van der Waals surface area contributed by atoms with Gasteiger partial charge in [0.2, 0.25) is 0 Å². The number of nitrogens with one attached hydrogen (secondary N) is 2. The summed E-state index contributed by atoms with van der Waals surface area (Å²) in [4.78, 5) is 35.6. The first kappa shape index (κ1) is 21.6. The van der Waals surface area contributed by atoms with Gasteiger partial charge in [-0.25, -0.2) is 0 Å². The molecule has 152 valence electrons. The Kier molecular flexibility index (Phi) is 7.90. The monoisotopic (exact) mass is 397 g/mol. The highest BCUT2D eigenvalue weighted by molar-refractivity contribution is 6.05. The number of nitro groups is 1.